The van der Waals surface area contributed by atoms with E-state index in [2.05, 4.69) is 4.98 Å². The minimum Gasteiger partial charge on any atom is -0.361 e. The van der Waals surface area contributed by atoms with Crippen LogP contribution in [0, 0.1) is 0 Å². The van der Waals surface area contributed by atoms with Crippen molar-refractivity contribution in [3.63, 3.8) is 0 Å². The highest BCUT2D eigenvalue weighted by molar-refractivity contribution is 6.32. The smallest absolute Gasteiger partial charge is 0.0457 e. The van der Waals surface area contributed by atoms with Crippen LogP contribution in [-0.4, -0.2) is 11.5 Å². The molecule has 1 aromatic heterocycles. The van der Waals surface area contributed by atoms with Crippen molar-refractivity contribution in [3.05, 3.63) is 35.0 Å². The van der Waals surface area contributed by atoms with E-state index in [1.165, 1.54) is 5.39 Å². The summed E-state index contributed by atoms with van der Waals surface area (Å²) in [6.07, 6.45) is 2.75. The van der Waals surface area contributed by atoms with Gasteiger partial charge in [0, 0.05) is 22.1 Å². The normalized spacial score (nSPS) is 10.9. The van der Waals surface area contributed by atoms with E-state index in [1.54, 1.807) is 0 Å². The molecule has 0 spiro atoms. The summed E-state index contributed by atoms with van der Waals surface area (Å²) in [6, 6.07) is 5.93. The fourth-order valence-corrected chi connectivity index (χ4v) is 1.83. The molecule has 0 saturated carbocycles. The number of hydrogen-bond donors (Lipinski definition) is 2. The van der Waals surface area contributed by atoms with Crippen molar-refractivity contribution in [2.45, 2.75) is 6.42 Å². The third-order valence-corrected chi connectivity index (χ3v) is 2.54. The first-order chi connectivity index (χ1) is 6.33. The fourth-order valence-electron chi connectivity index (χ4n) is 1.57. The first-order valence-electron chi connectivity index (χ1n) is 4.27. The van der Waals surface area contributed by atoms with E-state index in [0.29, 0.717) is 6.54 Å². The van der Waals surface area contributed by atoms with Crippen molar-refractivity contribution >= 4 is 22.5 Å². The van der Waals surface area contributed by atoms with Gasteiger partial charge in [-0.1, -0.05) is 11.6 Å². The van der Waals surface area contributed by atoms with Crippen molar-refractivity contribution < 1.29 is 0 Å². The maximum Gasteiger partial charge on any atom is 0.0457 e. The highest BCUT2D eigenvalue weighted by Gasteiger charge is 2.05. The van der Waals surface area contributed by atoms with Gasteiger partial charge in [0.05, 0.1) is 0 Å². The van der Waals surface area contributed by atoms with Gasteiger partial charge in [-0.05, 0) is 36.7 Å². The molecule has 0 aliphatic heterocycles. The maximum absolute atomic E-state index is 6.07. The molecule has 3 heteroatoms. The van der Waals surface area contributed by atoms with E-state index in [4.69, 9.17) is 17.3 Å². The molecule has 68 valence electrons. The molecule has 2 nitrogen and oxygen atoms in total. The zero-order chi connectivity index (χ0) is 9.26. The third-order valence-electron chi connectivity index (χ3n) is 2.18. The number of halogens is 1. The number of benzene rings is 1. The number of fused-ring (bicyclic) bond motifs is 1. The number of H-pyrrole nitrogens is 1. The zero-order valence-corrected chi connectivity index (χ0v) is 7.93. The molecule has 13 heavy (non-hydrogen) atoms. The number of rotatable bonds is 2. The van der Waals surface area contributed by atoms with Gasteiger partial charge in [0.15, 0.2) is 0 Å². The molecule has 3 N–H and O–H groups in total. The largest absolute Gasteiger partial charge is 0.361 e. The number of nitrogens with two attached hydrogens (primary N) is 1. The van der Waals surface area contributed by atoms with Crippen LogP contribution in [0.15, 0.2) is 24.4 Å². The van der Waals surface area contributed by atoms with E-state index in [1.807, 2.05) is 24.4 Å². The second-order valence-electron chi connectivity index (χ2n) is 3.00. The SMILES string of the molecule is NCCc1c(Cl)ccc2[nH]ccc12. The highest BCUT2D eigenvalue weighted by atomic mass is 35.5. The second kappa shape index (κ2) is 3.40. The number of nitrogens with one attached hydrogen (secondary N) is 1. The van der Waals surface area contributed by atoms with E-state index < -0.39 is 0 Å². The van der Waals surface area contributed by atoms with Crippen LogP contribution in [0.25, 0.3) is 10.9 Å². The molecule has 0 amide bonds. The van der Waals surface area contributed by atoms with Gasteiger partial charge in [-0.3, -0.25) is 0 Å². The molecule has 0 saturated heterocycles. The van der Waals surface area contributed by atoms with Crippen LogP contribution in [0.5, 0.6) is 0 Å². The van der Waals surface area contributed by atoms with Crippen molar-refractivity contribution in [2.75, 3.05) is 6.54 Å². The van der Waals surface area contributed by atoms with Gasteiger partial charge in [0.1, 0.15) is 0 Å². The van der Waals surface area contributed by atoms with Crippen molar-refractivity contribution in [1.29, 1.82) is 0 Å². The van der Waals surface area contributed by atoms with Crippen LogP contribution in [0.1, 0.15) is 5.56 Å². The van der Waals surface area contributed by atoms with Gasteiger partial charge in [-0.2, -0.15) is 0 Å². The Labute approximate surface area is 81.7 Å². The Morgan fingerprint density at radius 1 is 1.31 bits per heavy atom. The molecule has 0 atom stereocenters. The maximum atomic E-state index is 6.07. The Kier molecular flexibility index (Phi) is 2.25. The number of aromatic nitrogens is 1. The zero-order valence-electron chi connectivity index (χ0n) is 7.18. The molecule has 0 aliphatic carbocycles. The molecule has 0 bridgehead atoms. The van der Waals surface area contributed by atoms with Crippen LogP contribution < -0.4 is 5.73 Å². The molecule has 0 radical (unpaired) electrons. The van der Waals surface area contributed by atoms with Gasteiger partial charge in [-0.15, -0.1) is 0 Å². The lowest BCUT2D eigenvalue weighted by Crippen LogP contribution is -2.03. The molecule has 2 aromatic rings. The predicted octanol–water partition coefficient (Wildman–Crippen LogP) is 2.32. The van der Waals surface area contributed by atoms with E-state index in [0.717, 1.165) is 22.5 Å². The Balaban J connectivity index is 2.66. The molecular formula is C10H11ClN2. The lowest BCUT2D eigenvalue weighted by Gasteiger charge is -2.03. The molecule has 0 fully saturated rings. The van der Waals surface area contributed by atoms with E-state index in [9.17, 15) is 0 Å². The van der Waals surface area contributed by atoms with Gasteiger partial charge in [0.25, 0.3) is 0 Å². The highest BCUT2D eigenvalue weighted by Crippen LogP contribution is 2.25. The van der Waals surface area contributed by atoms with Crippen molar-refractivity contribution in [2.24, 2.45) is 5.73 Å². The summed E-state index contributed by atoms with van der Waals surface area (Å²) in [5, 5.41) is 1.98. The van der Waals surface area contributed by atoms with Crippen molar-refractivity contribution in [3.8, 4) is 0 Å². The molecule has 1 aromatic carbocycles. The fraction of sp³-hybridized carbons (Fsp3) is 0.200. The molecule has 2 rings (SSSR count). The van der Waals surface area contributed by atoms with Gasteiger partial charge in [-0.25, -0.2) is 0 Å². The topological polar surface area (TPSA) is 41.8 Å². The summed E-state index contributed by atoms with van der Waals surface area (Å²) < 4.78 is 0. The lowest BCUT2D eigenvalue weighted by atomic mass is 10.1. The number of hydrogen-bond acceptors (Lipinski definition) is 1. The number of aromatic amines is 1. The monoisotopic (exact) mass is 194 g/mol. The third kappa shape index (κ3) is 1.43. The average Bonchev–Trinajstić information content (AvgIpc) is 2.58. The summed E-state index contributed by atoms with van der Waals surface area (Å²) in [7, 11) is 0. The van der Waals surface area contributed by atoms with Gasteiger partial charge < -0.3 is 10.7 Å². The second-order valence-corrected chi connectivity index (χ2v) is 3.41. The van der Waals surface area contributed by atoms with E-state index in [-0.39, 0.29) is 0 Å². The quantitative estimate of drug-likeness (QED) is 0.757. The Bertz CT molecular complexity index is 420. The summed E-state index contributed by atoms with van der Waals surface area (Å²) in [5.74, 6) is 0. The Morgan fingerprint density at radius 2 is 2.15 bits per heavy atom. The van der Waals surface area contributed by atoms with Crippen LogP contribution in [0.4, 0.5) is 0 Å². The van der Waals surface area contributed by atoms with Crippen LogP contribution in [0.2, 0.25) is 5.02 Å². The minimum atomic E-state index is 0.629. The molecule has 1 heterocycles. The van der Waals surface area contributed by atoms with Gasteiger partial charge in [0.2, 0.25) is 0 Å². The van der Waals surface area contributed by atoms with Crippen LogP contribution in [-0.2, 0) is 6.42 Å². The summed E-state index contributed by atoms with van der Waals surface area (Å²) >= 11 is 6.07. The van der Waals surface area contributed by atoms with Gasteiger partial charge >= 0.3 is 0 Å². The molecule has 0 unspecified atom stereocenters. The Hall–Kier alpha value is -0.990. The molecule has 0 aliphatic rings. The van der Waals surface area contributed by atoms with Crippen LogP contribution in [0.3, 0.4) is 0 Å². The van der Waals surface area contributed by atoms with E-state index >= 15 is 0 Å². The first-order valence-corrected chi connectivity index (χ1v) is 4.65. The van der Waals surface area contributed by atoms with Crippen molar-refractivity contribution in [1.82, 2.24) is 4.98 Å². The average molecular weight is 195 g/mol. The van der Waals surface area contributed by atoms with Crippen LogP contribution >= 0.6 is 11.6 Å². The lowest BCUT2D eigenvalue weighted by molar-refractivity contribution is 0.978. The first kappa shape index (κ1) is 8.60. The summed E-state index contributed by atoms with van der Waals surface area (Å²) in [4.78, 5) is 3.15. The summed E-state index contributed by atoms with van der Waals surface area (Å²) in [6.45, 7) is 0.629. The standard InChI is InChI=1S/C10H11ClN2/c11-9-1-2-10-8(4-6-13-10)7(9)3-5-12/h1-2,4,6,13H,3,5,12H2. The minimum absolute atomic E-state index is 0.629. The summed E-state index contributed by atoms with van der Waals surface area (Å²) in [5.41, 5.74) is 7.78. The molecular weight excluding hydrogens is 184 g/mol. The Morgan fingerprint density at radius 3 is 2.92 bits per heavy atom. The predicted molar refractivity (Wildman–Crippen MR) is 56.1 cm³/mol.